The largest absolute Gasteiger partial charge is 0.364 e. The summed E-state index contributed by atoms with van der Waals surface area (Å²) in [7, 11) is 0. The predicted molar refractivity (Wildman–Crippen MR) is 35.3 cm³/mol. The second kappa shape index (κ2) is 3.49. The van der Waals surface area contributed by atoms with Crippen LogP contribution >= 0.6 is 0 Å². The number of Topliss-reactive ketones (excluding diaryl/α,β-unsaturated/α-hetero) is 1. The molecule has 54 valence electrons. The maximum atomic E-state index is 10.5. The zero-order chi connectivity index (χ0) is 8.15. The molecule has 0 aliphatic heterocycles. The molecule has 1 amide bonds. The summed E-state index contributed by atoms with van der Waals surface area (Å²) in [6.45, 7) is 0. The molecule has 0 aliphatic carbocycles. The lowest BCUT2D eigenvalue weighted by molar-refractivity contribution is -0.115. The van der Waals surface area contributed by atoms with E-state index >= 15 is 0 Å². The van der Waals surface area contributed by atoms with Crippen LogP contribution in [0.4, 0.5) is 0 Å². The second-order valence-electron chi connectivity index (χ2n) is 1.57. The Hall–Kier alpha value is -1.52. The van der Waals surface area contributed by atoms with Crippen LogP contribution in [0.15, 0.2) is 0 Å². The highest BCUT2D eigenvalue weighted by atomic mass is 16.2. The number of nitrogens with two attached hydrogens (primary N) is 1. The zero-order valence-corrected chi connectivity index (χ0v) is 5.18. The summed E-state index contributed by atoms with van der Waals surface area (Å²) in [6, 6.07) is 0. The van der Waals surface area contributed by atoms with E-state index in [1.807, 2.05) is 0 Å². The van der Waals surface area contributed by atoms with Gasteiger partial charge in [0.25, 0.3) is 5.91 Å². The Morgan fingerprint density at radius 3 is 2.30 bits per heavy atom. The first-order chi connectivity index (χ1) is 4.59. The molecule has 0 spiro atoms. The maximum absolute atomic E-state index is 10.5. The summed E-state index contributed by atoms with van der Waals surface area (Å²) < 4.78 is 0. The van der Waals surface area contributed by atoms with E-state index in [1.54, 1.807) is 0 Å². The topological polar surface area (TPSA) is 108 Å². The monoisotopic (exact) mass is 141 g/mol. The number of amides is 1. The highest BCUT2D eigenvalue weighted by Crippen LogP contribution is 1.80. The Morgan fingerprint density at radius 2 is 2.00 bits per heavy atom. The van der Waals surface area contributed by atoms with Gasteiger partial charge in [-0.2, -0.15) is 0 Å². The van der Waals surface area contributed by atoms with Crippen molar-refractivity contribution in [2.45, 2.75) is 6.42 Å². The van der Waals surface area contributed by atoms with E-state index in [-0.39, 0.29) is 6.42 Å². The van der Waals surface area contributed by atoms with E-state index in [1.165, 1.54) is 0 Å². The average Bonchev–Trinajstić information content (AvgIpc) is 1.87. The number of ketones is 1. The van der Waals surface area contributed by atoms with Gasteiger partial charge in [-0.15, -0.1) is 0 Å². The molecule has 0 aromatic rings. The van der Waals surface area contributed by atoms with Crippen LogP contribution in [0.3, 0.4) is 0 Å². The molecule has 5 heteroatoms. The summed E-state index contributed by atoms with van der Waals surface area (Å²) in [4.78, 5) is 20.6. The maximum Gasteiger partial charge on any atom is 0.270 e. The first-order valence-electron chi connectivity index (χ1n) is 2.50. The van der Waals surface area contributed by atoms with Gasteiger partial charge in [-0.05, 0) is 0 Å². The molecular weight excluding hydrogens is 134 g/mol. The number of nitrogens with one attached hydrogen (secondary N) is 2. The molecule has 0 heterocycles. The van der Waals surface area contributed by atoms with Crippen LogP contribution in [-0.4, -0.2) is 23.6 Å². The highest BCUT2D eigenvalue weighted by Gasteiger charge is 2.12. The fourth-order valence-electron chi connectivity index (χ4n) is 0.332. The quantitative estimate of drug-likeness (QED) is 0.348. The van der Waals surface area contributed by atoms with Crippen molar-refractivity contribution in [2.24, 2.45) is 5.73 Å². The summed E-state index contributed by atoms with van der Waals surface area (Å²) in [6.07, 6.45) is 0.585. The average molecular weight is 141 g/mol. The van der Waals surface area contributed by atoms with Crippen LogP contribution in [-0.2, 0) is 9.59 Å². The summed E-state index contributed by atoms with van der Waals surface area (Å²) >= 11 is 0. The fraction of sp³-hybridized carbons (Fsp3) is 0.200. The molecule has 0 fully saturated rings. The molecule has 0 atom stereocenters. The minimum Gasteiger partial charge on any atom is -0.364 e. The van der Waals surface area contributed by atoms with Gasteiger partial charge in [0.2, 0.25) is 0 Å². The van der Waals surface area contributed by atoms with E-state index in [2.05, 4.69) is 5.73 Å². The van der Waals surface area contributed by atoms with Crippen LogP contribution in [0.25, 0.3) is 0 Å². The lowest BCUT2D eigenvalue weighted by Gasteiger charge is -1.91. The van der Waals surface area contributed by atoms with Gasteiger partial charge in [-0.25, -0.2) is 0 Å². The molecular formula is C5H7N3O2. The number of carbonyl (C=O) groups excluding carboxylic acids is 2. The van der Waals surface area contributed by atoms with Crippen LogP contribution in [0, 0.1) is 10.8 Å². The predicted octanol–water partition coefficient (Wildman–Crippen LogP) is -0.900. The van der Waals surface area contributed by atoms with Crippen molar-refractivity contribution >= 4 is 23.6 Å². The lowest BCUT2D eigenvalue weighted by atomic mass is 10.2. The Morgan fingerprint density at radius 1 is 1.50 bits per heavy atom. The van der Waals surface area contributed by atoms with Crippen LogP contribution in [0.2, 0.25) is 0 Å². The minimum absolute atomic E-state index is 0.234. The number of hydrogen-bond acceptors (Lipinski definition) is 4. The molecule has 4 N–H and O–H groups in total. The van der Waals surface area contributed by atoms with E-state index in [9.17, 15) is 9.59 Å². The van der Waals surface area contributed by atoms with Gasteiger partial charge in [-0.3, -0.25) is 15.0 Å². The van der Waals surface area contributed by atoms with Gasteiger partial charge in [-0.1, -0.05) is 0 Å². The molecule has 0 radical (unpaired) electrons. The van der Waals surface area contributed by atoms with Crippen molar-refractivity contribution < 1.29 is 9.59 Å². The molecule has 0 saturated carbocycles. The smallest absolute Gasteiger partial charge is 0.270 e. The van der Waals surface area contributed by atoms with Crippen molar-refractivity contribution in [1.82, 2.24) is 0 Å². The first kappa shape index (κ1) is 8.48. The molecule has 0 aromatic heterocycles. The minimum atomic E-state index is -1.05. The van der Waals surface area contributed by atoms with Gasteiger partial charge in [0.15, 0.2) is 11.5 Å². The molecule has 0 bridgehead atoms. The SMILES string of the molecule is N=CCC(=O)C(=N)C(N)=O. The summed E-state index contributed by atoms with van der Waals surface area (Å²) in [5, 5.41) is 13.2. The molecule has 0 rings (SSSR count). The summed E-state index contributed by atoms with van der Waals surface area (Å²) in [5.41, 5.74) is 3.86. The van der Waals surface area contributed by atoms with Crippen LogP contribution < -0.4 is 5.73 Å². The van der Waals surface area contributed by atoms with E-state index in [4.69, 9.17) is 10.8 Å². The third-order valence-corrected chi connectivity index (χ3v) is 0.813. The van der Waals surface area contributed by atoms with E-state index < -0.39 is 17.4 Å². The molecule has 5 nitrogen and oxygen atoms in total. The second-order valence-corrected chi connectivity index (χ2v) is 1.57. The van der Waals surface area contributed by atoms with Crippen LogP contribution in [0.1, 0.15) is 6.42 Å². The Bertz CT molecular complexity index is 197. The number of primary amides is 1. The zero-order valence-electron chi connectivity index (χ0n) is 5.18. The lowest BCUT2D eigenvalue weighted by Crippen LogP contribution is -2.29. The molecule has 0 unspecified atom stereocenters. The van der Waals surface area contributed by atoms with Crippen molar-refractivity contribution in [3.8, 4) is 0 Å². The molecule has 10 heavy (non-hydrogen) atoms. The Kier molecular flexibility index (Phi) is 2.96. The summed E-state index contributed by atoms with van der Waals surface area (Å²) in [5.74, 6) is -1.77. The molecule has 0 aliphatic rings. The van der Waals surface area contributed by atoms with Gasteiger partial charge < -0.3 is 11.1 Å². The van der Waals surface area contributed by atoms with Crippen molar-refractivity contribution in [3.05, 3.63) is 0 Å². The van der Waals surface area contributed by atoms with E-state index in [0.29, 0.717) is 0 Å². The van der Waals surface area contributed by atoms with Crippen molar-refractivity contribution in [1.29, 1.82) is 10.8 Å². The highest BCUT2D eigenvalue weighted by molar-refractivity contribution is 6.65. The Labute approximate surface area is 57.2 Å². The Balaban J connectivity index is 4.08. The van der Waals surface area contributed by atoms with Gasteiger partial charge in [0, 0.05) is 12.6 Å². The van der Waals surface area contributed by atoms with Gasteiger partial charge in [0.05, 0.1) is 0 Å². The van der Waals surface area contributed by atoms with Crippen molar-refractivity contribution in [3.63, 3.8) is 0 Å². The molecule has 0 saturated heterocycles. The normalized spacial score (nSPS) is 8.40. The number of rotatable bonds is 4. The first-order valence-corrected chi connectivity index (χ1v) is 2.50. The third kappa shape index (κ3) is 2.17. The fourth-order valence-corrected chi connectivity index (χ4v) is 0.332. The van der Waals surface area contributed by atoms with Crippen LogP contribution in [0.5, 0.6) is 0 Å². The number of carbonyl (C=O) groups is 2. The molecule has 0 aromatic carbocycles. The van der Waals surface area contributed by atoms with Crippen molar-refractivity contribution in [2.75, 3.05) is 0 Å². The third-order valence-electron chi connectivity index (χ3n) is 0.813. The van der Waals surface area contributed by atoms with Gasteiger partial charge >= 0.3 is 0 Å². The number of hydrogen-bond donors (Lipinski definition) is 3. The standard InChI is InChI=1S/C5H7N3O2/c6-2-1-3(9)4(7)5(8)10/h2,6-7H,1H2,(H2,8,10). The van der Waals surface area contributed by atoms with E-state index in [0.717, 1.165) is 6.21 Å². The van der Waals surface area contributed by atoms with Gasteiger partial charge in [0.1, 0.15) is 0 Å².